The number of hydrogen-bond donors (Lipinski definition) is 2. The van der Waals surface area contributed by atoms with Gasteiger partial charge in [-0.25, -0.2) is 4.98 Å². The molecule has 37 heavy (non-hydrogen) atoms. The van der Waals surface area contributed by atoms with E-state index in [4.69, 9.17) is 21.4 Å². The highest BCUT2D eigenvalue weighted by molar-refractivity contribution is 7.80. The Kier molecular flexibility index (Phi) is 7.52. The number of ether oxygens (including phenoxy) is 1. The van der Waals surface area contributed by atoms with Crippen molar-refractivity contribution in [1.29, 1.82) is 0 Å². The Balaban J connectivity index is 0.00000320. The number of benzene rings is 4. The molecule has 0 aliphatic carbocycles. The predicted molar refractivity (Wildman–Crippen MR) is 151 cm³/mol. The molecule has 8 heteroatoms. The van der Waals surface area contributed by atoms with Gasteiger partial charge in [0.05, 0.1) is 12.7 Å². The minimum absolute atomic E-state index is 0. The van der Waals surface area contributed by atoms with E-state index in [-0.39, 0.29) is 16.5 Å². The van der Waals surface area contributed by atoms with Gasteiger partial charge in [0, 0.05) is 11.3 Å². The first-order valence-electron chi connectivity index (χ1n) is 11.6. The van der Waals surface area contributed by atoms with E-state index >= 15 is 0 Å². The lowest BCUT2D eigenvalue weighted by molar-refractivity contribution is 0.0975. The van der Waals surface area contributed by atoms with E-state index in [2.05, 4.69) is 22.5 Å². The molecule has 0 saturated carbocycles. The van der Waals surface area contributed by atoms with E-state index in [1.807, 2.05) is 73.7 Å². The average Bonchev–Trinajstić information content (AvgIpc) is 3.32. The van der Waals surface area contributed by atoms with Gasteiger partial charge in [-0.3, -0.25) is 10.1 Å². The van der Waals surface area contributed by atoms with Gasteiger partial charge in [0.1, 0.15) is 11.3 Å². The number of rotatable bonds is 5. The Morgan fingerprint density at radius 2 is 1.78 bits per heavy atom. The summed E-state index contributed by atoms with van der Waals surface area (Å²) in [5, 5.41) is 8.02. The molecule has 0 aliphatic rings. The highest BCUT2D eigenvalue weighted by atomic mass is 32.1. The second-order valence-corrected chi connectivity index (χ2v) is 8.92. The third-order valence-corrected chi connectivity index (χ3v) is 6.34. The molecule has 0 spiro atoms. The van der Waals surface area contributed by atoms with Crippen LogP contribution in [0.3, 0.4) is 0 Å². The summed E-state index contributed by atoms with van der Waals surface area (Å²) >= 11 is 5.46. The van der Waals surface area contributed by atoms with Gasteiger partial charge in [-0.1, -0.05) is 43.3 Å². The summed E-state index contributed by atoms with van der Waals surface area (Å²) in [6.07, 6.45) is 0.935. The van der Waals surface area contributed by atoms with Crippen molar-refractivity contribution in [3.05, 3.63) is 89.5 Å². The number of carbonyl (C=O) groups is 1. The third kappa shape index (κ3) is 5.30. The summed E-state index contributed by atoms with van der Waals surface area (Å²) in [6.45, 7) is 4.07. The lowest BCUT2D eigenvalue weighted by Crippen LogP contribution is -2.34. The van der Waals surface area contributed by atoms with Crippen LogP contribution in [-0.4, -0.2) is 28.6 Å². The molecule has 0 bridgehead atoms. The largest absolute Gasteiger partial charge is 0.496 e. The van der Waals surface area contributed by atoms with E-state index in [1.54, 1.807) is 13.2 Å². The van der Waals surface area contributed by atoms with Crippen LogP contribution in [0.15, 0.2) is 77.2 Å². The Labute approximate surface area is 219 Å². The molecule has 0 aliphatic heterocycles. The molecule has 4 N–H and O–H groups in total. The van der Waals surface area contributed by atoms with Crippen LogP contribution in [0.25, 0.3) is 33.3 Å². The summed E-state index contributed by atoms with van der Waals surface area (Å²) in [6, 6.07) is 23.3. The number of anilines is 1. The fraction of sp³-hybridized carbons (Fsp3) is 0.138. The molecule has 5 aromatic rings. The summed E-state index contributed by atoms with van der Waals surface area (Å²) in [4.78, 5) is 17.7. The first-order valence-corrected chi connectivity index (χ1v) is 12.1. The van der Waals surface area contributed by atoms with Crippen molar-refractivity contribution in [2.45, 2.75) is 20.3 Å². The van der Waals surface area contributed by atoms with Gasteiger partial charge >= 0.3 is 0 Å². The van der Waals surface area contributed by atoms with E-state index < -0.39 is 0 Å². The molecular formula is C29H27N3O4S. The van der Waals surface area contributed by atoms with Gasteiger partial charge in [0.25, 0.3) is 5.91 Å². The minimum Gasteiger partial charge on any atom is -0.496 e. The molecule has 0 unspecified atom stereocenters. The standard InChI is InChI=1S/C29H25N3O3S.H2O/c1-4-18-10-12-25-24(13-18)30-28(35-25)21-11-9-17(2)23(15-21)31-29(36)32-27(33)22-14-19-7-5-6-8-20(19)16-26(22)34-3;/h5-16H,4H2,1-3H3,(H2,31,32,33,36);1H2. The van der Waals surface area contributed by atoms with Gasteiger partial charge in [-0.05, 0) is 83.9 Å². The smallest absolute Gasteiger partial charge is 0.261 e. The van der Waals surface area contributed by atoms with E-state index in [0.29, 0.717) is 17.2 Å². The molecular weight excluding hydrogens is 486 g/mol. The second kappa shape index (κ2) is 10.8. The van der Waals surface area contributed by atoms with E-state index in [9.17, 15) is 4.79 Å². The number of aromatic nitrogens is 1. The second-order valence-electron chi connectivity index (χ2n) is 8.51. The first-order chi connectivity index (χ1) is 17.4. The SMILES string of the molecule is CCc1ccc2oc(-c3ccc(C)c(NC(=S)NC(=O)c4cc5ccccc5cc4OC)c3)nc2c1.O. The van der Waals surface area contributed by atoms with Crippen LogP contribution >= 0.6 is 12.2 Å². The van der Waals surface area contributed by atoms with Gasteiger partial charge in [-0.2, -0.15) is 0 Å². The monoisotopic (exact) mass is 513 g/mol. The topological polar surface area (TPSA) is 108 Å². The molecule has 1 aromatic heterocycles. The van der Waals surface area contributed by atoms with Crippen LogP contribution in [0.5, 0.6) is 5.75 Å². The van der Waals surface area contributed by atoms with Crippen molar-refractivity contribution < 1.29 is 19.4 Å². The van der Waals surface area contributed by atoms with Gasteiger partial charge in [-0.15, -0.1) is 0 Å². The Bertz CT molecular complexity index is 1630. The summed E-state index contributed by atoms with van der Waals surface area (Å²) in [5.41, 5.74) is 5.70. The fourth-order valence-corrected chi connectivity index (χ4v) is 4.30. The van der Waals surface area contributed by atoms with Crippen LogP contribution < -0.4 is 15.4 Å². The summed E-state index contributed by atoms with van der Waals surface area (Å²) in [7, 11) is 1.54. The number of carbonyl (C=O) groups excluding carboxylic acids is 1. The van der Waals surface area contributed by atoms with E-state index in [1.165, 1.54) is 5.56 Å². The molecule has 0 atom stereocenters. The number of methoxy groups -OCH3 is 1. The van der Waals surface area contributed by atoms with E-state index in [0.717, 1.165) is 45.1 Å². The van der Waals surface area contributed by atoms with Crippen LogP contribution in [0.1, 0.15) is 28.4 Å². The zero-order chi connectivity index (χ0) is 25.2. The number of oxazole rings is 1. The van der Waals surface area contributed by atoms with Crippen molar-refractivity contribution in [3.63, 3.8) is 0 Å². The molecule has 0 radical (unpaired) electrons. The number of amides is 1. The summed E-state index contributed by atoms with van der Waals surface area (Å²) < 4.78 is 11.4. The molecule has 0 fully saturated rings. The number of nitrogens with zero attached hydrogens (tertiary/aromatic N) is 1. The van der Waals surface area contributed by atoms with Crippen LogP contribution in [0.2, 0.25) is 0 Å². The Hall–Kier alpha value is -4.27. The zero-order valence-corrected chi connectivity index (χ0v) is 21.5. The maximum absolute atomic E-state index is 13.1. The Morgan fingerprint density at radius 3 is 2.51 bits per heavy atom. The molecule has 4 aromatic carbocycles. The average molecular weight is 514 g/mol. The number of hydrogen-bond acceptors (Lipinski definition) is 5. The van der Waals surface area contributed by atoms with Gasteiger partial charge < -0.3 is 19.9 Å². The van der Waals surface area contributed by atoms with Crippen LogP contribution in [0.4, 0.5) is 5.69 Å². The van der Waals surface area contributed by atoms with Crippen LogP contribution in [-0.2, 0) is 6.42 Å². The third-order valence-electron chi connectivity index (χ3n) is 6.13. The molecule has 1 heterocycles. The number of aryl methyl sites for hydroxylation is 2. The Morgan fingerprint density at radius 1 is 1.03 bits per heavy atom. The van der Waals surface area contributed by atoms with Gasteiger partial charge in [0.15, 0.2) is 10.7 Å². The van der Waals surface area contributed by atoms with Crippen molar-refractivity contribution in [3.8, 4) is 17.2 Å². The zero-order valence-electron chi connectivity index (χ0n) is 20.7. The highest BCUT2D eigenvalue weighted by Gasteiger charge is 2.16. The highest BCUT2D eigenvalue weighted by Crippen LogP contribution is 2.29. The number of thiocarbonyl (C=S) groups is 1. The molecule has 1 amide bonds. The minimum atomic E-state index is -0.352. The van der Waals surface area contributed by atoms with Crippen LogP contribution in [0, 0.1) is 6.92 Å². The predicted octanol–water partition coefficient (Wildman–Crippen LogP) is 5.83. The molecule has 0 saturated heterocycles. The maximum atomic E-state index is 13.1. The quantitative estimate of drug-likeness (QED) is 0.286. The van der Waals surface area contributed by atoms with Crippen molar-refractivity contribution in [2.75, 3.05) is 12.4 Å². The normalized spacial score (nSPS) is 10.7. The number of nitrogens with one attached hydrogen (secondary N) is 2. The lowest BCUT2D eigenvalue weighted by Gasteiger charge is -2.14. The lowest BCUT2D eigenvalue weighted by atomic mass is 10.1. The summed E-state index contributed by atoms with van der Waals surface area (Å²) in [5.74, 6) is 0.654. The number of fused-ring (bicyclic) bond motifs is 2. The van der Waals surface area contributed by atoms with Crippen molar-refractivity contribution >= 4 is 50.8 Å². The van der Waals surface area contributed by atoms with Crippen molar-refractivity contribution in [2.24, 2.45) is 0 Å². The van der Waals surface area contributed by atoms with Crippen molar-refractivity contribution in [1.82, 2.24) is 10.3 Å². The fourth-order valence-electron chi connectivity index (χ4n) is 4.10. The first kappa shape index (κ1) is 25.8. The molecule has 7 nitrogen and oxygen atoms in total. The van der Waals surface area contributed by atoms with Gasteiger partial charge in [0.2, 0.25) is 5.89 Å². The molecule has 188 valence electrons. The molecule has 5 rings (SSSR count). The maximum Gasteiger partial charge on any atom is 0.261 e.